The average Bonchev–Trinajstić information content (AvgIpc) is 3.82. The zero-order valence-corrected chi connectivity index (χ0v) is 31.8. The van der Waals surface area contributed by atoms with Crippen molar-refractivity contribution in [2.45, 2.75) is 0 Å². The van der Waals surface area contributed by atoms with Gasteiger partial charge < -0.3 is 28.1 Å². The third-order valence-corrected chi connectivity index (χ3v) is 11.1. The lowest BCUT2D eigenvalue weighted by molar-refractivity contribution is 0.415. The number of hydrogen-bond donors (Lipinski definition) is 0. The number of anilines is 6. The Bertz CT molecular complexity index is 3110. The molecule has 11 rings (SSSR count). The number of benzene rings is 9. The minimum absolute atomic E-state index is 0.804. The Morgan fingerprint density at radius 2 is 0.741 bits per heavy atom. The maximum atomic E-state index is 6.63. The van der Waals surface area contributed by atoms with Crippen LogP contribution in [0.15, 0.2) is 191 Å². The number of furan rings is 2. The predicted octanol–water partition coefficient (Wildman–Crippen LogP) is 14.7. The molecule has 0 N–H and O–H groups in total. The minimum Gasteiger partial charge on any atom is -0.497 e. The summed E-state index contributed by atoms with van der Waals surface area (Å²) in [6, 6.07) is 63.2. The highest BCUT2D eigenvalue weighted by Crippen LogP contribution is 2.44. The molecule has 0 aliphatic heterocycles. The summed E-state index contributed by atoms with van der Waals surface area (Å²) in [5.41, 5.74) is 9.54. The third kappa shape index (κ3) is 5.57. The molecule has 0 aliphatic rings. The maximum Gasteiger partial charge on any atom is 0.136 e. The molecule has 0 saturated carbocycles. The number of para-hydroxylation sites is 2. The molecule has 11 aromatic rings. The lowest BCUT2D eigenvalue weighted by atomic mass is 10.0. The summed E-state index contributed by atoms with van der Waals surface area (Å²) in [6.07, 6.45) is 0. The van der Waals surface area contributed by atoms with E-state index in [4.69, 9.17) is 18.3 Å². The van der Waals surface area contributed by atoms with Crippen LogP contribution in [0, 0.1) is 0 Å². The zero-order valence-electron chi connectivity index (χ0n) is 31.8. The number of methoxy groups -OCH3 is 2. The van der Waals surface area contributed by atoms with Gasteiger partial charge in [0.15, 0.2) is 0 Å². The molecule has 2 heterocycles. The Morgan fingerprint density at radius 3 is 1.17 bits per heavy atom. The van der Waals surface area contributed by atoms with E-state index in [2.05, 4.69) is 143 Å². The van der Waals surface area contributed by atoms with Gasteiger partial charge in [-0.1, -0.05) is 60.7 Å². The van der Waals surface area contributed by atoms with Gasteiger partial charge in [0.05, 0.1) is 14.2 Å². The molecule has 58 heavy (non-hydrogen) atoms. The molecular weight excluding hydrogens is 717 g/mol. The van der Waals surface area contributed by atoms with Gasteiger partial charge in [-0.25, -0.2) is 0 Å². The summed E-state index contributed by atoms with van der Waals surface area (Å²) < 4.78 is 24.5. The number of hydrogen-bond acceptors (Lipinski definition) is 6. The van der Waals surface area contributed by atoms with Crippen LogP contribution in [-0.4, -0.2) is 14.2 Å². The summed E-state index contributed by atoms with van der Waals surface area (Å²) in [6.45, 7) is 0. The van der Waals surface area contributed by atoms with Gasteiger partial charge in [0.25, 0.3) is 0 Å². The molecule has 0 saturated heterocycles. The Morgan fingerprint density at radius 1 is 0.328 bits per heavy atom. The van der Waals surface area contributed by atoms with Gasteiger partial charge in [-0.3, -0.25) is 0 Å². The number of rotatable bonds is 8. The van der Waals surface area contributed by atoms with Crippen molar-refractivity contribution in [3.8, 4) is 11.5 Å². The first-order chi connectivity index (χ1) is 28.6. The van der Waals surface area contributed by atoms with Crippen LogP contribution in [0.4, 0.5) is 34.1 Å². The van der Waals surface area contributed by atoms with Crippen molar-refractivity contribution in [1.82, 2.24) is 0 Å². The SMILES string of the molecule is COc1cccc(N(c2ccccc2)c2ccc3cc4c(cc3c2)oc2ccc3oc5cc6cc(N(c7ccccc7)c7cccc(OC)c7)ccc6cc5c3c24)c1. The Kier molecular flexibility index (Phi) is 7.83. The Hall–Kier alpha value is -7.70. The van der Waals surface area contributed by atoms with Crippen LogP contribution < -0.4 is 19.3 Å². The van der Waals surface area contributed by atoms with Crippen molar-refractivity contribution >= 4 is 99.5 Å². The first kappa shape index (κ1) is 33.6. The summed E-state index contributed by atoms with van der Waals surface area (Å²) in [7, 11) is 3.40. The van der Waals surface area contributed by atoms with Crippen molar-refractivity contribution in [2.24, 2.45) is 0 Å². The molecule has 6 heteroatoms. The number of nitrogens with zero attached hydrogens (tertiary/aromatic N) is 2. The number of ether oxygens (including phenoxy) is 2. The van der Waals surface area contributed by atoms with Crippen LogP contribution in [0.25, 0.3) is 65.4 Å². The highest BCUT2D eigenvalue weighted by molar-refractivity contribution is 6.27. The van der Waals surface area contributed by atoms with Crippen molar-refractivity contribution in [3.63, 3.8) is 0 Å². The lowest BCUT2D eigenvalue weighted by Gasteiger charge is -2.26. The normalized spacial score (nSPS) is 11.6. The molecule has 0 unspecified atom stereocenters. The molecule has 0 fully saturated rings. The molecule has 0 bridgehead atoms. The molecule has 9 aromatic carbocycles. The molecule has 0 spiro atoms. The molecule has 0 aliphatic carbocycles. The van der Waals surface area contributed by atoms with Gasteiger partial charge in [0.2, 0.25) is 0 Å². The average molecular weight is 753 g/mol. The molecule has 278 valence electrons. The van der Waals surface area contributed by atoms with Gasteiger partial charge in [-0.2, -0.15) is 0 Å². The van der Waals surface area contributed by atoms with Crippen LogP contribution in [0.2, 0.25) is 0 Å². The van der Waals surface area contributed by atoms with E-state index in [0.29, 0.717) is 0 Å². The summed E-state index contributed by atoms with van der Waals surface area (Å²) in [4.78, 5) is 4.49. The van der Waals surface area contributed by atoms with Gasteiger partial charge in [-0.15, -0.1) is 0 Å². The van der Waals surface area contributed by atoms with E-state index in [1.807, 2.05) is 48.5 Å². The van der Waals surface area contributed by atoms with Crippen LogP contribution in [0.3, 0.4) is 0 Å². The van der Waals surface area contributed by atoms with Crippen molar-refractivity contribution in [1.29, 1.82) is 0 Å². The standard InChI is InChI=1S/C52H36N2O4/c1-55-43-17-9-15-39(31-43)53(37-11-5-3-6-12-37)41-21-19-33-27-45-49(29-35(33)25-41)57-47-23-24-48-52(51(45)47)46-28-34-20-22-42(26-36(34)30-50(46)58-48)54(38-13-7-4-8-14-38)40-16-10-18-44(32-40)56-2/h3-32H,1-2H3. The molecule has 6 nitrogen and oxygen atoms in total. The first-order valence-corrected chi connectivity index (χ1v) is 19.3. The fourth-order valence-electron chi connectivity index (χ4n) is 8.42. The van der Waals surface area contributed by atoms with Crippen LogP contribution in [0.5, 0.6) is 11.5 Å². The fourth-order valence-corrected chi connectivity index (χ4v) is 8.42. The van der Waals surface area contributed by atoms with E-state index in [1.165, 1.54) is 0 Å². The van der Waals surface area contributed by atoms with Crippen molar-refractivity contribution in [3.05, 3.63) is 182 Å². The van der Waals surface area contributed by atoms with Gasteiger partial charge in [0, 0.05) is 67.8 Å². The van der Waals surface area contributed by atoms with Gasteiger partial charge in [0.1, 0.15) is 33.8 Å². The lowest BCUT2D eigenvalue weighted by Crippen LogP contribution is -2.09. The smallest absolute Gasteiger partial charge is 0.136 e. The van der Waals surface area contributed by atoms with Gasteiger partial charge >= 0.3 is 0 Å². The number of fused-ring (bicyclic) bond motifs is 9. The molecule has 2 aromatic heterocycles. The molecule has 0 radical (unpaired) electrons. The summed E-state index contributed by atoms with van der Waals surface area (Å²) in [5, 5.41) is 8.65. The minimum atomic E-state index is 0.804. The van der Waals surface area contributed by atoms with E-state index in [-0.39, 0.29) is 0 Å². The fraction of sp³-hybridized carbons (Fsp3) is 0.0385. The monoisotopic (exact) mass is 752 g/mol. The maximum absolute atomic E-state index is 6.63. The van der Waals surface area contributed by atoms with Crippen molar-refractivity contribution < 1.29 is 18.3 Å². The third-order valence-electron chi connectivity index (χ3n) is 11.1. The van der Waals surface area contributed by atoms with Crippen LogP contribution in [0.1, 0.15) is 0 Å². The highest BCUT2D eigenvalue weighted by Gasteiger charge is 2.20. The first-order valence-electron chi connectivity index (χ1n) is 19.3. The predicted molar refractivity (Wildman–Crippen MR) is 238 cm³/mol. The largest absolute Gasteiger partial charge is 0.497 e. The Balaban J connectivity index is 1.04. The van der Waals surface area contributed by atoms with E-state index in [9.17, 15) is 0 Å². The van der Waals surface area contributed by atoms with E-state index < -0.39 is 0 Å². The van der Waals surface area contributed by atoms with Crippen molar-refractivity contribution in [2.75, 3.05) is 24.0 Å². The summed E-state index contributed by atoms with van der Waals surface area (Å²) in [5.74, 6) is 1.61. The summed E-state index contributed by atoms with van der Waals surface area (Å²) >= 11 is 0. The second-order valence-electron chi connectivity index (χ2n) is 14.5. The van der Waals surface area contributed by atoms with E-state index in [1.54, 1.807) is 14.2 Å². The second kappa shape index (κ2) is 13.5. The van der Waals surface area contributed by atoms with Gasteiger partial charge in [-0.05, 0) is 131 Å². The second-order valence-corrected chi connectivity index (χ2v) is 14.5. The quantitative estimate of drug-likeness (QED) is 0.154. The Labute approximate surface area is 334 Å². The topological polar surface area (TPSA) is 51.2 Å². The van der Waals surface area contributed by atoms with E-state index in [0.717, 1.165) is 111 Å². The van der Waals surface area contributed by atoms with Crippen LogP contribution in [-0.2, 0) is 0 Å². The van der Waals surface area contributed by atoms with Crippen LogP contribution >= 0.6 is 0 Å². The molecule has 0 atom stereocenters. The van der Waals surface area contributed by atoms with E-state index >= 15 is 0 Å². The molecule has 0 amide bonds. The molecular formula is C52H36N2O4. The highest BCUT2D eigenvalue weighted by atomic mass is 16.5. The zero-order chi connectivity index (χ0) is 38.7.